The number of carbonyl (C=O) groups is 2. The minimum atomic E-state index is -0.935. The van der Waals surface area contributed by atoms with Gasteiger partial charge in [-0.25, -0.2) is 4.79 Å². The fourth-order valence-electron chi connectivity index (χ4n) is 1.74. The van der Waals surface area contributed by atoms with Gasteiger partial charge in [-0.1, -0.05) is 12.1 Å². The summed E-state index contributed by atoms with van der Waals surface area (Å²) in [6.07, 6.45) is 0.796. The summed E-state index contributed by atoms with van der Waals surface area (Å²) < 4.78 is 0. The van der Waals surface area contributed by atoms with E-state index in [1.54, 1.807) is 25.1 Å². The third-order valence-corrected chi connectivity index (χ3v) is 3.47. The lowest BCUT2D eigenvalue weighted by Gasteiger charge is -2.06. The largest absolute Gasteiger partial charge is 0.478 e. The number of carboxylic acid groups (broad SMARTS) is 1. The molecule has 0 atom stereocenters. The molecule has 3 nitrogen and oxygen atoms in total. The van der Waals surface area contributed by atoms with Crippen molar-refractivity contribution in [1.82, 2.24) is 0 Å². The monoisotopic (exact) mass is 246 g/mol. The second-order valence-corrected chi connectivity index (χ2v) is 4.58. The highest BCUT2D eigenvalue weighted by Gasteiger charge is 2.12. The van der Waals surface area contributed by atoms with Crippen LogP contribution in [-0.4, -0.2) is 17.4 Å². The number of aromatic carboxylic acids is 1. The fourth-order valence-corrected chi connectivity index (χ4v) is 2.44. The lowest BCUT2D eigenvalue weighted by molar-refractivity contribution is 0.0696. The van der Waals surface area contributed by atoms with Crippen molar-refractivity contribution in [2.24, 2.45) is 0 Å². The maximum atomic E-state index is 11.0. The molecule has 2 aromatic rings. The van der Waals surface area contributed by atoms with E-state index in [-0.39, 0.29) is 0 Å². The average Bonchev–Trinajstić information content (AvgIpc) is 2.77. The molecule has 1 aromatic carbocycles. The fraction of sp³-hybridized carbons (Fsp3) is 0.0769. The van der Waals surface area contributed by atoms with Crippen LogP contribution in [-0.2, 0) is 0 Å². The number of carbonyl (C=O) groups excluding carboxylic acids is 1. The molecule has 0 spiro atoms. The van der Waals surface area contributed by atoms with E-state index in [9.17, 15) is 9.59 Å². The molecule has 4 heteroatoms. The lowest BCUT2D eigenvalue weighted by Crippen LogP contribution is -2.00. The van der Waals surface area contributed by atoms with E-state index >= 15 is 0 Å². The van der Waals surface area contributed by atoms with Crippen LogP contribution in [0.4, 0.5) is 0 Å². The van der Waals surface area contributed by atoms with Gasteiger partial charge in [0.2, 0.25) is 0 Å². The van der Waals surface area contributed by atoms with Crippen LogP contribution in [0.3, 0.4) is 0 Å². The summed E-state index contributed by atoms with van der Waals surface area (Å²) in [5.74, 6) is -0.935. The molecule has 0 saturated heterocycles. The van der Waals surface area contributed by atoms with Gasteiger partial charge in [0.05, 0.1) is 10.4 Å². The van der Waals surface area contributed by atoms with Gasteiger partial charge in [0.25, 0.3) is 0 Å². The molecule has 1 N–H and O–H groups in total. The quantitative estimate of drug-likeness (QED) is 0.846. The van der Waals surface area contributed by atoms with Crippen molar-refractivity contribution in [1.29, 1.82) is 0 Å². The van der Waals surface area contributed by atoms with Crippen molar-refractivity contribution in [3.8, 4) is 11.1 Å². The van der Waals surface area contributed by atoms with Gasteiger partial charge in [0.15, 0.2) is 6.29 Å². The summed E-state index contributed by atoms with van der Waals surface area (Å²) in [5, 5.41) is 10.9. The SMILES string of the molecule is Cc1c(C(=O)O)cccc1-c1csc(C=O)c1. The highest BCUT2D eigenvalue weighted by Crippen LogP contribution is 2.29. The zero-order valence-corrected chi connectivity index (χ0v) is 9.95. The van der Waals surface area contributed by atoms with Crippen LogP contribution in [0.1, 0.15) is 25.6 Å². The van der Waals surface area contributed by atoms with Crippen LogP contribution in [0.2, 0.25) is 0 Å². The summed E-state index contributed by atoms with van der Waals surface area (Å²) >= 11 is 1.35. The molecule has 2 rings (SSSR count). The van der Waals surface area contributed by atoms with Crippen LogP contribution in [0.25, 0.3) is 11.1 Å². The van der Waals surface area contributed by atoms with Crippen molar-refractivity contribution in [2.75, 3.05) is 0 Å². The van der Waals surface area contributed by atoms with Crippen molar-refractivity contribution in [2.45, 2.75) is 6.92 Å². The Morgan fingerprint density at radius 1 is 1.41 bits per heavy atom. The van der Waals surface area contributed by atoms with E-state index in [4.69, 9.17) is 5.11 Å². The Morgan fingerprint density at radius 3 is 2.76 bits per heavy atom. The number of carboxylic acids is 1. The first-order valence-electron chi connectivity index (χ1n) is 5.00. The molecule has 0 aliphatic rings. The molecule has 0 aliphatic heterocycles. The molecule has 0 saturated carbocycles. The van der Waals surface area contributed by atoms with Gasteiger partial charge in [0, 0.05) is 0 Å². The topological polar surface area (TPSA) is 54.4 Å². The molecule has 1 aromatic heterocycles. The van der Waals surface area contributed by atoms with E-state index in [1.165, 1.54) is 11.3 Å². The summed E-state index contributed by atoms with van der Waals surface area (Å²) in [6.45, 7) is 1.77. The highest BCUT2D eigenvalue weighted by molar-refractivity contribution is 7.12. The maximum absolute atomic E-state index is 11.0. The number of thiophene rings is 1. The normalized spacial score (nSPS) is 10.2. The van der Waals surface area contributed by atoms with Gasteiger partial charge in [-0.05, 0) is 41.1 Å². The second kappa shape index (κ2) is 4.51. The second-order valence-electron chi connectivity index (χ2n) is 3.64. The molecule has 0 bridgehead atoms. The molecule has 0 aliphatic carbocycles. The number of aldehydes is 1. The third kappa shape index (κ3) is 2.12. The van der Waals surface area contributed by atoms with Crippen LogP contribution < -0.4 is 0 Å². The molecule has 0 radical (unpaired) electrons. The minimum absolute atomic E-state index is 0.293. The molecular weight excluding hydrogens is 236 g/mol. The van der Waals surface area contributed by atoms with Gasteiger partial charge >= 0.3 is 5.97 Å². The van der Waals surface area contributed by atoms with Crippen LogP contribution in [0.15, 0.2) is 29.6 Å². The Kier molecular flexibility index (Phi) is 3.06. The molecule has 0 unspecified atom stereocenters. The predicted octanol–water partition coefficient (Wildman–Crippen LogP) is 3.23. The summed E-state index contributed by atoms with van der Waals surface area (Å²) in [7, 11) is 0. The third-order valence-electron chi connectivity index (χ3n) is 2.61. The van der Waals surface area contributed by atoms with E-state index in [2.05, 4.69) is 0 Å². The maximum Gasteiger partial charge on any atom is 0.335 e. The van der Waals surface area contributed by atoms with Crippen molar-refractivity contribution < 1.29 is 14.7 Å². The Balaban J connectivity index is 2.55. The minimum Gasteiger partial charge on any atom is -0.478 e. The van der Waals surface area contributed by atoms with E-state index in [0.29, 0.717) is 10.4 Å². The number of hydrogen-bond acceptors (Lipinski definition) is 3. The first kappa shape index (κ1) is 11.5. The van der Waals surface area contributed by atoms with Gasteiger partial charge in [-0.2, -0.15) is 0 Å². The first-order valence-corrected chi connectivity index (χ1v) is 5.88. The van der Waals surface area contributed by atoms with Gasteiger partial charge in [-0.15, -0.1) is 11.3 Å². The number of rotatable bonds is 3. The van der Waals surface area contributed by atoms with Crippen molar-refractivity contribution in [3.05, 3.63) is 45.6 Å². The Bertz CT molecular complexity index is 584. The zero-order chi connectivity index (χ0) is 12.4. The van der Waals surface area contributed by atoms with Gasteiger partial charge in [-0.3, -0.25) is 4.79 Å². The van der Waals surface area contributed by atoms with Crippen LogP contribution in [0.5, 0.6) is 0 Å². The summed E-state index contributed by atoms with van der Waals surface area (Å²) in [6, 6.07) is 6.92. The molecule has 17 heavy (non-hydrogen) atoms. The van der Waals surface area contributed by atoms with Crippen LogP contribution in [0, 0.1) is 6.92 Å². The van der Waals surface area contributed by atoms with E-state index in [0.717, 1.165) is 23.0 Å². The molecule has 0 fully saturated rings. The van der Waals surface area contributed by atoms with Gasteiger partial charge in [0.1, 0.15) is 0 Å². The Labute approximate surface area is 102 Å². The molecular formula is C13H10O3S. The predicted molar refractivity (Wildman–Crippen MR) is 66.8 cm³/mol. The molecule has 86 valence electrons. The summed E-state index contributed by atoms with van der Waals surface area (Å²) in [4.78, 5) is 22.3. The lowest BCUT2D eigenvalue weighted by atomic mass is 9.98. The number of hydrogen-bond donors (Lipinski definition) is 1. The number of benzene rings is 1. The molecule has 1 heterocycles. The van der Waals surface area contributed by atoms with E-state index < -0.39 is 5.97 Å². The summed E-state index contributed by atoms with van der Waals surface area (Å²) in [5.41, 5.74) is 2.75. The van der Waals surface area contributed by atoms with E-state index in [1.807, 2.05) is 11.4 Å². The van der Waals surface area contributed by atoms with Crippen molar-refractivity contribution in [3.63, 3.8) is 0 Å². The Hall–Kier alpha value is -1.94. The first-order chi connectivity index (χ1) is 8.13. The van der Waals surface area contributed by atoms with Crippen molar-refractivity contribution >= 4 is 23.6 Å². The zero-order valence-electron chi connectivity index (χ0n) is 9.14. The smallest absolute Gasteiger partial charge is 0.335 e. The van der Waals surface area contributed by atoms with Crippen LogP contribution >= 0.6 is 11.3 Å². The van der Waals surface area contributed by atoms with Gasteiger partial charge < -0.3 is 5.11 Å². The Morgan fingerprint density at radius 2 is 2.18 bits per heavy atom. The highest BCUT2D eigenvalue weighted by atomic mass is 32.1. The standard InChI is InChI=1S/C13H10O3S/c1-8-11(3-2-4-12(8)13(15)16)9-5-10(6-14)17-7-9/h2-7H,1H3,(H,15,16). The average molecular weight is 246 g/mol. The molecule has 0 amide bonds.